The second kappa shape index (κ2) is 10.5. The fourth-order valence-corrected chi connectivity index (χ4v) is 5.97. The third-order valence-corrected chi connectivity index (χ3v) is 8.24. The Kier molecular flexibility index (Phi) is 7.11. The van der Waals surface area contributed by atoms with Gasteiger partial charge in [-0.1, -0.05) is 12.1 Å². The minimum atomic E-state index is -3.71. The molecular formula is C26H24F2N4O5S. The van der Waals surface area contributed by atoms with Crippen molar-refractivity contribution >= 4 is 27.1 Å². The number of morpholine rings is 1. The number of nitrogens with one attached hydrogen (secondary N) is 2. The number of sulfonamides is 1. The van der Waals surface area contributed by atoms with Gasteiger partial charge in [-0.05, 0) is 53.9 Å². The van der Waals surface area contributed by atoms with Gasteiger partial charge >= 0.3 is 6.09 Å². The highest BCUT2D eigenvalue weighted by Crippen LogP contribution is 2.33. The highest BCUT2D eigenvalue weighted by Gasteiger charge is 2.27. The summed E-state index contributed by atoms with van der Waals surface area (Å²) in [6.07, 6.45) is 0.284. The van der Waals surface area contributed by atoms with Crippen molar-refractivity contribution in [1.82, 2.24) is 19.6 Å². The Morgan fingerprint density at radius 3 is 2.42 bits per heavy atom. The molecule has 0 aliphatic carbocycles. The summed E-state index contributed by atoms with van der Waals surface area (Å²) in [6, 6.07) is 11.8. The fraction of sp³-hybridized carbons (Fsp3) is 0.231. The maximum Gasteiger partial charge on any atom is 0.405 e. The molecule has 0 bridgehead atoms. The molecule has 1 saturated heterocycles. The predicted molar refractivity (Wildman–Crippen MR) is 135 cm³/mol. The van der Waals surface area contributed by atoms with Gasteiger partial charge in [-0.25, -0.2) is 27.0 Å². The van der Waals surface area contributed by atoms with Crippen LogP contribution >= 0.6 is 0 Å². The zero-order valence-corrected chi connectivity index (χ0v) is 20.8. The number of hydrogen-bond donors (Lipinski definition) is 3. The van der Waals surface area contributed by atoms with Gasteiger partial charge in [-0.2, -0.15) is 4.31 Å². The van der Waals surface area contributed by atoms with E-state index in [0.29, 0.717) is 41.1 Å². The van der Waals surface area contributed by atoms with Crippen LogP contribution in [0.4, 0.5) is 13.6 Å². The van der Waals surface area contributed by atoms with E-state index < -0.39 is 33.8 Å². The first-order valence-electron chi connectivity index (χ1n) is 11.8. The minimum Gasteiger partial charge on any atom is -0.465 e. The van der Waals surface area contributed by atoms with Crippen molar-refractivity contribution < 1.29 is 31.8 Å². The Morgan fingerprint density at radius 2 is 1.76 bits per heavy atom. The molecule has 5 rings (SSSR count). The first-order chi connectivity index (χ1) is 18.2. The molecule has 0 spiro atoms. The minimum absolute atomic E-state index is 0.0690. The van der Waals surface area contributed by atoms with Crippen LogP contribution in [0.25, 0.3) is 22.2 Å². The number of ether oxygens (including phenoxy) is 1. The molecule has 1 atom stereocenters. The second-order valence-corrected chi connectivity index (χ2v) is 10.8. The topological polar surface area (TPSA) is 125 Å². The number of hydrogen-bond acceptors (Lipinski definition) is 5. The summed E-state index contributed by atoms with van der Waals surface area (Å²) < 4.78 is 60.4. The molecular weight excluding hydrogens is 518 g/mol. The number of carboxylic acid groups (broad SMARTS) is 1. The highest BCUT2D eigenvalue weighted by atomic mass is 32.2. The maximum absolute atomic E-state index is 13.9. The summed E-state index contributed by atoms with van der Waals surface area (Å²) in [7, 11) is -3.71. The van der Waals surface area contributed by atoms with Gasteiger partial charge in [0.25, 0.3) is 0 Å². The predicted octanol–water partition coefficient (Wildman–Crippen LogP) is 4.08. The molecule has 0 saturated carbocycles. The van der Waals surface area contributed by atoms with Crippen molar-refractivity contribution in [1.29, 1.82) is 0 Å². The number of aromatic nitrogens is 2. The van der Waals surface area contributed by atoms with Gasteiger partial charge in [-0.15, -0.1) is 0 Å². The van der Waals surface area contributed by atoms with Gasteiger partial charge in [0, 0.05) is 30.9 Å². The third-order valence-electron chi connectivity index (χ3n) is 6.32. The molecule has 3 N–H and O–H groups in total. The average molecular weight is 543 g/mol. The lowest BCUT2D eigenvalue weighted by Crippen LogP contribution is -2.40. The van der Waals surface area contributed by atoms with E-state index >= 15 is 0 Å². The molecule has 1 amide bonds. The quantitative estimate of drug-likeness (QED) is 0.323. The van der Waals surface area contributed by atoms with Crippen molar-refractivity contribution in [2.24, 2.45) is 0 Å². The Labute approximate surface area is 217 Å². The Morgan fingerprint density at radius 1 is 1.08 bits per heavy atom. The van der Waals surface area contributed by atoms with Crippen LogP contribution in [-0.4, -0.2) is 60.2 Å². The highest BCUT2D eigenvalue weighted by molar-refractivity contribution is 7.89. The molecule has 9 nitrogen and oxygen atoms in total. The molecule has 4 aromatic rings. The first-order valence-corrected chi connectivity index (χ1v) is 13.3. The summed E-state index contributed by atoms with van der Waals surface area (Å²) in [5.41, 5.74) is 2.94. The Bertz CT molecular complexity index is 1560. The van der Waals surface area contributed by atoms with Crippen LogP contribution < -0.4 is 5.32 Å². The van der Waals surface area contributed by atoms with Crippen molar-refractivity contribution in [2.45, 2.75) is 17.4 Å². The van der Waals surface area contributed by atoms with Crippen LogP contribution in [-0.2, 0) is 21.2 Å². The Hall–Kier alpha value is -3.87. The molecule has 1 aliphatic heterocycles. The van der Waals surface area contributed by atoms with Crippen LogP contribution in [0, 0.1) is 11.6 Å². The van der Waals surface area contributed by atoms with Crippen LogP contribution in [0.1, 0.15) is 17.3 Å². The van der Waals surface area contributed by atoms with Gasteiger partial charge in [0.15, 0.2) is 0 Å². The molecule has 3 heterocycles. The summed E-state index contributed by atoms with van der Waals surface area (Å²) in [6.45, 7) is 1.20. The van der Waals surface area contributed by atoms with E-state index in [1.54, 1.807) is 30.5 Å². The SMILES string of the molecule is O=C(O)NC(Cc1cc(F)cc(F)c1)c1nc2cc[nH]c2cc1-c1ccc(S(=O)(=O)N2CCOCC2)cc1. The number of nitrogens with zero attached hydrogens (tertiary/aromatic N) is 2. The molecule has 2 aromatic heterocycles. The molecule has 1 fully saturated rings. The van der Waals surface area contributed by atoms with Gasteiger partial charge in [0.1, 0.15) is 11.6 Å². The van der Waals surface area contributed by atoms with Crippen LogP contribution in [0.5, 0.6) is 0 Å². The largest absolute Gasteiger partial charge is 0.465 e. The number of aromatic amines is 1. The Balaban J connectivity index is 1.56. The zero-order chi connectivity index (χ0) is 26.9. The average Bonchev–Trinajstić information content (AvgIpc) is 3.35. The molecule has 1 unspecified atom stereocenters. The standard InChI is InChI=1S/C26H24F2N4O5S/c27-18-11-16(12-19(28)14-18)13-24(31-26(33)34)25-21(15-23-22(30-25)5-6-29-23)17-1-3-20(4-2-17)38(35,36)32-7-9-37-10-8-32/h1-6,11-12,14-15,24,29,31H,7-10,13H2,(H,33,34). The monoisotopic (exact) mass is 542 g/mol. The summed E-state index contributed by atoms with van der Waals surface area (Å²) in [5.74, 6) is -1.55. The number of amides is 1. The molecule has 198 valence electrons. The zero-order valence-electron chi connectivity index (χ0n) is 20.0. The number of carbonyl (C=O) groups is 1. The van der Waals surface area contributed by atoms with Crippen molar-refractivity contribution in [3.05, 3.63) is 83.7 Å². The number of pyridine rings is 1. The third kappa shape index (κ3) is 5.37. The van der Waals surface area contributed by atoms with E-state index in [2.05, 4.69) is 15.3 Å². The fourth-order valence-electron chi connectivity index (χ4n) is 4.56. The van der Waals surface area contributed by atoms with Crippen LogP contribution in [0.2, 0.25) is 0 Å². The maximum atomic E-state index is 13.9. The summed E-state index contributed by atoms with van der Waals surface area (Å²) >= 11 is 0. The first kappa shape index (κ1) is 25.8. The van der Waals surface area contributed by atoms with E-state index in [-0.39, 0.29) is 30.0 Å². The molecule has 1 aliphatic rings. The van der Waals surface area contributed by atoms with E-state index in [4.69, 9.17) is 4.74 Å². The lowest BCUT2D eigenvalue weighted by molar-refractivity contribution is 0.0730. The van der Waals surface area contributed by atoms with E-state index in [9.17, 15) is 27.1 Å². The molecule has 2 aromatic carbocycles. The molecule has 12 heteroatoms. The number of halogens is 2. The van der Waals surface area contributed by atoms with Gasteiger partial charge in [-0.3, -0.25) is 0 Å². The number of rotatable bonds is 7. The number of fused-ring (bicyclic) bond motifs is 1. The van der Waals surface area contributed by atoms with Gasteiger partial charge in [0.2, 0.25) is 10.0 Å². The normalized spacial score (nSPS) is 15.4. The van der Waals surface area contributed by atoms with E-state index in [1.807, 2.05) is 0 Å². The lowest BCUT2D eigenvalue weighted by Gasteiger charge is -2.26. The van der Waals surface area contributed by atoms with Gasteiger partial charge < -0.3 is 20.1 Å². The second-order valence-electron chi connectivity index (χ2n) is 8.86. The van der Waals surface area contributed by atoms with Crippen LogP contribution in [0.15, 0.2) is 65.7 Å². The van der Waals surface area contributed by atoms with Gasteiger partial charge in [0.05, 0.1) is 40.9 Å². The van der Waals surface area contributed by atoms with E-state index in [1.165, 1.54) is 16.4 Å². The lowest BCUT2D eigenvalue weighted by atomic mass is 9.95. The van der Waals surface area contributed by atoms with E-state index in [0.717, 1.165) is 18.2 Å². The molecule has 38 heavy (non-hydrogen) atoms. The van der Waals surface area contributed by atoms with Crippen molar-refractivity contribution in [3.8, 4) is 11.1 Å². The van der Waals surface area contributed by atoms with Crippen LogP contribution in [0.3, 0.4) is 0 Å². The molecule has 0 radical (unpaired) electrons. The smallest absolute Gasteiger partial charge is 0.405 e. The van der Waals surface area contributed by atoms with Crippen molar-refractivity contribution in [3.63, 3.8) is 0 Å². The summed E-state index contributed by atoms with van der Waals surface area (Å²) in [5, 5.41) is 12.0. The van der Waals surface area contributed by atoms with Crippen molar-refractivity contribution in [2.75, 3.05) is 26.3 Å². The number of H-pyrrole nitrogens is 1. The summed E-state index contributed by atoms with van der Waals surface area (Å²) in [4.78, 5) is 19.6. The number of benzene rings is 2.